The van der Waals surface area contributed by atoms with Crippen molar-refractivity contribution in [3.05, 3.63) is 69.4 Å². The fraction of sp³-hybridized carbons (Fsp3) is 0.217. The van der Waals surface area contributed by atoms with Crippen LogP contribution in [0.5, 0.6) is 0 Å². The number of fused-ring (bicyclic) bond motifs is 2. The summed E-state index contributed by atoms with van der Waals surface area (Å²) in [5.41, 5.74) is -2.47. The number of imide groups is 3. The summed E-state index contributed by atoms with van der Waals surface area (Å²) in [4.78, 5) is 79.1. The van der Waals surface area contributed by atoms with Crippen LogP contribution < -0.4 is 0 Å². The van der Waals surface area contributed by atoms with Crippen molar-refractivity contribution >= 4 is 51.7 Å². The molecule has 6 amide bonds. The zero-order valence-electron chi connectivity index (χ0n) is 18.8. The third-order valence-corrected chi connectivity index (χ3v) is 6.41. The van der Waals surface area contributed by atoms with E-state index in [9.17, 15) is 33.2 Å². The first-order valence-electron chi connectivity index (χ1n) is 10.3. The van der Waals surface area contributed by atoms with Crippen molar-refractivity contribution in [2.24, 2.45) is 0 Å². The van der Waals surface area contributed by atoms with Gasteiger partial charge in [0.05, 0.1) is 27.2 Å². The quantitative estimate of drug-likeness (QED) is 0.412. The molecule has 2 aliphatic rings. The Morgan fingerprint density at radius 3 is 2.28 bits per heavy atom. The van der Waals surface area contributed by atoms with Crippen LogP contribution in [-0.2, 0) is 35.8 Å². The van der Waals surface area contributed by atoms with Gasteiger partial charge in [-0.2, -0.15) is 5.01 Å². The lowest BCUT2D eigenvalue weighted by molar-refractivity contribution is -0.155. The zero-order valence-corrected chi connectivity index (χ0v) is 20.4. The van der Waals surface area contributed by atoms with Gasteiger partial charge in [-0.1, -0.05) is 40.2 Å². The molecule has 1 atom stereocenters. The Kier molecular flexibility index (Phi) is 6.35. The van der Waals surface area contributed by atoms with E-state index < -0.39 is 60.0 Å². The smallest absolute Gasteiger partial charge is 0.439 e. The predicted molar refractivity (Wildman–Crippen MR) is 120 cm³/mol. The number of methoxy groups -OCH3 is 2. The van der Waals surface area contributed by atoms with Gasteiger partial charge in [-0.15, -0.1) is 5.01 Å². The Morgan fingerprint density at radius 1 is 1.03 bits per heavy atom. The molecule has 1 spiro atoms. The average Bonchev–Trinajstić information content (AvgIpc) is 3.12. The molecule has 0 aliphatic carbocycles. The number of carbonyl (C=O) groups is 6. The van der Waals surface area contributed by atoms with Crippen LogP contribution in [0.4, 0.5) is 14.0 Å². The second-order valence-corrected chi connectivity index (χ2v) is 8.74. The third-order valence-electron chi connectivity index (χ3n) is 5.92. The maximum Gasteiger partial charge on any atom is 0.439 e. The molecular formula is C23H17BrFN3O8. The maximum absolute atomic E-state index is 14.6. The van der Waals surface area contributed by atoms with E-state index in [1.54, 1.807) is 0 Å². The zero-order chi connectivity index (χ0) is 26.4. The van der Waals surface area contributed by atoms with Crippen molar-refractivity contribution in [3.63, 3.8) is 0 Å². The summed E-state index contributed by atoms with van der Waals surface area (Å²) in [6.45, 7) is -0.536. The lowest BCUT2D eigenvalue weighted by Gasteiger charge is -2.38. The lowest BCUT2D eigenvalue weighted by atomic mass is 9.72. The molecule has 186 valence electrons. The molecule has 2 aromatic rings. The molecule has 1 fully saturated rings. The van der Waals surface area contributed by atoms with Gasteiger partial charge in [0.2, 0.25) is 0 Å². The fourth-order valence-electron chi connectivity index (χ4n) is 4.25. The number of rotatable bonds is 3. The molecule has 0 bridgehead atoms. The Balaban J connectivity index is 1.86. The Bertz CT molecular complexity index is 1330. The predicted octanol–water partition coefficient (Wildman–Crippen LogP) is 2.52. The summed E-state index contributed by atoms with van der Waals surface area (Å²) >= 11 is 3.13. The number of carbonyl (C=O) groups excluding carboxylic acids is 6. The van der Waals surface area contributed by atoms with Gasteiger partial charge in [0, 0.05) is 15.6 Å². The summed E-state index contributed by atoms with van der Waals surface area (Å²) in [5.74, 6) is -4.99. The molecule has 2 aliphatic heterocycles. The first kappa shape index (κ1) is 25.0. The van der Waals surface area contributed by atoms with Gasteiger partial charge in [-0.3, -0.25) is 24.1 Å². The van der Waals surface area contributed by atoms with Crippen LogP contribution in [0.2, 0.25) is 0 Å². The Hall–Kier alpha value is -4.13. The third kappa shape index (κ3) is 3.63. The summed E-state index contributed by atoms with van der Waals surface area (Å²) in [5, 5.41) is 0.199. The van der Waals surface area contributed by atoms with Crippen LogP contribution in [0.15, 0.2) is 46.9 Å². The van der Waals surface area contributed by atoms with Gasteiger partial charge < -0.3 is 9.47 Å². The molecule has 0 aromatic heterocycles. The fourth-order valence-corrected chi connectivity index (χ4v) is 4.58. The summed E-state index contributed by atoms with van der Waals surface area (Å²) in [6, 6.07) is 9.66. The van der Waals surface area contributed by atoms with Gasteiger partial charge in [0.15, 0.2) is 5.41 Å². The molecule has 2 aromatic carbocycles. The first-order valence-corrected chi connectivity index (χ1v) is 11.1. The van der Waals surface area contributed by atoms with E-state index in [0.29, 0.717) is 9.37 Å². The van der Waals surface area contributed by atoms with Crippen molar-refractivity contribution in [1.29, 1.82) is 0 Å². The molecule has 1 unspecified atom stereocenters. The molecule has 0 N–H and O–H groups in total. The largest absolute Gasteiger partial charge is 0.451 e. The second-order valence-electron chi connectivity index (χ2n) is 7.82. The van der Waals surface area contributed by atoms with Crippen LogP contribution >= 0.6 is 15.9 Å². The van der Waals surface area contributed by atoms with E-state index in [2.05, 4.69) is 25.4 Å². The molecule has 0 radical (unpaired) electrons. The molecule has 1 saturated heterocycles. The molecule has 13 heteroatoms. The van der Waals surface area contributed by atoms with Gasteiger partial charge >= 0.3 is 12.2 Å². The maximum atomic E-state index is 14.6. The summed E-state index contributed by atoms with van der Waals surface area (Å²) < 4.78 is 24.0. The number of hydrazine groups is 1. The molecule has 0 saturated carbocycles. The highest BCUT2D eigenvalue weighted by Crippen LogP contribution is 2.44. The molecule has 36 heavy (non-hydrogen) atoms. The first-order chi connectivity index (χ1) is 17.1. The van der Waals surface area contributed by atoms with E-state index in [-0.39, 0.29) is 26.7 Å². The Morgan fingerprint density at radius 2 is 1.67 bits per heavy atom. The van der Waals surface area contributed by atoms with Crippen molar-refractivity contribution < 1.29 is 42.6 Å². The topological polar surface area (TPSA) is 131 Å². The molecule has 2 heterocycles. The molecule has 4 rings (SSSR count). The number of halogens is 2. The standard InChI is InChI=1S/C23H17BrFN3O8/c1-35-21(33)28(22(34)36-2)27-17(29)10-23(20(27)32)15-6-4-3-5-14(15)18(30)26(19(23)31)11-12-7-8-13(24)9-16(12)25/h3-9H,10-11H2,1-2H3. The van der Waals surface area contributed by atoms with Crippen molar-refractivity contribution in [2.45, 2.75) is 18.4 Å². The van der Waals surface area contributed by atoms with E-state index in [1.165, 1.54) is 36.4 Å². The van der Waals surface area contributed by atoms with E-state index in [1.807, 2.05) is 0 Å². The number of hydrogen-bond donors (Lipinski definition) is 0. The highest BCUT2D eigenvalue weighted by molar-refractivity contribution is 9.10. The molecule has 11 nitrogen and oxygen atoms in total. The van der Waals surface area contributed by atoms with Gasteiger partial charge in [0.25, 0.3) is 23.6 Å². The average molecular weight is 562 g/mol. The second kappa shape index (κ2) is 9.15. The minimum absolute atomic E-state index is 0.0196. The van der Waals surface area contributed by atoms with Crippen LogP contribution in [-0.4, -0.2) is 65.0 Å². The van der Waals surface area contributed by atoms with Crippen LogP contribution in [0.1, 0.15) is 27.9 Å². The van der Waals surface area contributed by atoms with E-state index >= 15 is 0 Å². The monoisotopic (exact) mass is 561 g/mol. The highest BCUT2D eigenvalue weighted by Gasteiger charge is 2.65. The van der Waals surface area contributed by atoms with Crippen molar-refractivity contribution in [3.8, 4) is 0 Å². The van der Waals surface area contributed by atoms with Gasteiger partial charge in [-0.05, 0) is 23.8 Å². The number of benzene rings is 2. The van der Waals surface area contributed by atoms with Crippen molar-refractivity contribution in [1.82, 2.24) is 14.9 Å². The minimum atomic E-state index is -2.30. The van der Waals surface area contributed by atoms with Crippen molar-refractivity contribution in [2.75, 3.05) is 14.2 Å². The normalized spacial score (nSPS) is 19.0. The number of amides is 6. The number of ether oxygens (including phenoxy) is 2. The highest BCUT2D eigenvalue weighted by atomic mass is 79.9. The van der Waals surface area contributed by atoms with E-state index in [0.717, 1.165) is 20.3 Å². The number of hydrogen-bond acceptors (Lipinski definition) is 8. The Labute approximate surface area is 211 Å². The van der Waals surface area contributed by atoms with Crippen LogP contribution in [0, 0.1) is 5.82 Å². The lowest BCUT2D eigenvalue weighted by Crippen LogP contribution is -2.60. The summed E-state index contributed by atoms with van der Waals surface area (Å²) in [6.07, 6.45) is -3.64. The van der Waals surface area contributed by atoms with Gasteiger partial charge in [-0.25, -0.2) is 14.0 Å². The SMILES string of the molecule is COC(=O)N(C(=O)OC)N1C(=O)CC2(C(=O)N(Cc3ccc(Br)cc3F)C(=O)c3ccccc32)C1=O. The van der Waals surface area contributed by atoms with Gasteiger partial charge in [0.1, 0.15) is 5.82 Å². The number of nitrogens with zero attached hydrogens (tertiary/aromatic N) is 3. The minimum Gasteiger partial charge on any atom is -0.451 e. The summed E-state index contributed by atoms with van der Waals surface area (Å²) in [7, 11) is 1.82. The van der Waals surface area contributed by atoms with Crippen LogP contribution in [0.25, 0.3) is 0 Å². The van der Waals surface area contributed by atoms with E-state index in [4.69, 9.17) is 0 Å². The molecular weight excluding hydrogens is 545 g/mol. The van der Waals surface area contributed by atoms with Crippen LogP contribution in [0.3, 0.4) is 0 Å².